The Labute approximate surface area is 143 Å². The number of nitrogen functional groups attached to an aromatic ring is 1. The fourth-order valence-electron chi connectivity index (χ4n) is 3.59. The van der Waals surface area contributed by atoms with Crippen LogP contribution in [-0.2, 0) is 12.8 Å². The maximum atomic E-state index is 11.7. The monoisotopic (exact) mass is 341 g/mol. The third kappa shape index (κ3) is 2.11. The number of primary amides is 1. The van der Waals surface area contributed by atoms with Crippen molar-refractivity contribution in [2.24, 2.45) is 5.73 Å². The average molecular weight is 341 g/mol. The summed E-state index contributed by atoms with van der Waals surface area (Å²) in [6, 6.07) is 2.04. The average Bonchev–Trinajstić information content (AvgIpc) is 3.06. The van der Waals surface area contributed by atoms with Crippen molar-refractivity contribution in [3.05, 3.63) is 33.5 Å². The summed E-state index contributed by atoms with van der Waals surface area (Å²) in [5.74, 6) is 0.368. The molecular weight excluding hydrogens is 322 g/mol. The van der Waals surface area contributed by atoms with Gasteiger partial charge in [0, 0.05) is 16.6 Å². The number of aromatic nitrogens is 3. The highest BCUT2D eigenvalue weighted by atomic mass is 32.1. The Bertz CT molecular complexity index is 985. The smallest absolute Gasteiger partial charge is 0.260 e. The van der Waals surface area contributed by atoms with Crippen LogP contribution in [0.15, 0.2) is 6.07 Å². The Kier molecular flexibility index (Phi) is 3.35. The fraction of sp³-hybridized carbons (Fsp3) is 0.353. The van der Waals surface area contributed by atoms with Gasteiger partial charge in [0.2, 0.25) is 0 Å². The van der Waals surface area contributed by atoms with Crippen LogP contribution in [0.4, 0.5) is 5.69 Å². The first-order valence-electron chi connectivity index (χ1n) is 8.04. The van der Waals surface area contributed by atoms with E-state index in [4.69, 9.17) is 16.5 Å². The molecule has 0 radical (unpaired) electrons. The number of pyridine rings is 1. The van der Waals surface area contributed by atoms with Crippen LogP contribution in [0.25, 0.3) is 16.0 Å². The van der Waals surface area contributed by atoms with Crippen molar-refractivity contribution in [1.29, 1.82) is 0 Å². The third-order valence-corrected chi connectivity index (χ3v) is 5.72. The minimum Gasteiger partial charge on any atom is -0.397 e. The van der Waals surface area contributed by atoms with E-state index in [0.717, 1.165) is 53.1 Å². The largest absolute Gasteiger partial charge is 0.397 e. The van der Waals surface area contributed by atoms with Crippen LogP contribution >= 0.6 is 11.3 Å². The molecule has 6 nitrogen and oxygen atoms in total. The second-order valence-corrected chi connectivity index (χ2v) is 7.33. The summed E-state index contributed by atoms with van der Waals surface area (Å²) < 4.78 is 1.90. The molecule has 1 aliphatic carbocycles. The third-order valence-electron chi connectivity index (χ3n) is 4.61. The van der Waals surface area contributed by atoms with Gasteiger partial charge in [-0.25, -0.2) is 9.67 Å². The van der Waals surface area contributed by atoms with E-state index in [2.05, 4.69) is 5.10 Å². The molecule has 0 spiro atoms. The van der Waals surface area contributed by atoms with Crippen molar-refractivity contribution in [3.8, 4) is 5.82 Å². The Morgan fingerprint density at radius 2 is 1.96 bits per heavy atom. The van der Waals surface area contributed by atoms with E-state index in [1.807, 2.05) is 24.6 Å². The predicted molar refractivity (Wildman–Crippen MR) is 95.8 cm³/mol. The molecule has 0 atom stereocenters. The van der Waals surface area contributed by atoms with Gasteiger partial charge in [-0.2, -0.15) is 5.10 Å². The van der Waals surface area contributed by atoms with Gasteiger partial charge in [-0.1, -0.05) is 0 Å². The number of hydrogen-bond donors (Lipinski definition) is 2. The first-order chi connectivity index (χ1) is 11.5. The molecule has 4 rings (SSSR count). The standard InChI is InChI=1S/C17H19N5OS/c1-8-7-9(2)22(21-8)16-11-6-4-3-5-10(11)12-13(18)14(15(19)23)24-17(12)20-16/h7H,3-6,18H2,1-2H3,(H2,19,23). The maximum Gasteiger partial charge on any atom is 0.260 e. The van der Waals surface area contributed by atoms with Crippen molar-refractivity contribution in [2.45, 2.75) is 39.5 Å². The lowest BCUT2D eigenvalue weighted by molar-refractivity contribution is 0.100. The number of nitrogens with two attached hydrogens (primary N) is 2. The van der Waals surface area contributed by atoms with Crippen molar-refractivity contribution in [1.82, 2.24) is 14.8 Å². The van der Waals surface area contributed by atoms with Gasteiger partial charge < -0.3 is 11.5 Å². The number of carbonyl (C=O) groups excluding carboxylic acids is 1. The Hall–Kier alpha value is -2.41. The van der Waals surface area contributed by atoms with Crippen molar-refractivity contribution < 1.29 is 4.79 Å². The van der Waals surface area contributed by atoms with E-state index in [9.17, 15) is 4.79 Å². The van der Waals surface area contributed by atoms with Crippen LogP contribution in [0, 0.1) is 13.8 Å². The van der Waals surface area contributed by atoms with E-state index in [0.29, 0.717) is 10.6 Å². The number of aryl methyl sites for hydroxylation is 3. The molecule has 24 heavy (non-hydrogen) atoms. The second kappa shape index (κ2) is 5.31. The molecule has 3 aromatic rings. The molecule has 0 aromatic carbocycles. The lowest BCUT2D eigenvalue weighted by Gasteiger charge is -2.20. The summed E-state index contributed by atoms with van der Waals surface area (Å²) in [6.45, 7) is 4.00. The minimum absolute atomic E-state index is 0.399. The molecule has 3 aromatic heterocycles. The lowest BCUT2D eigenvalue weighted by Crippen LogP contribution is -2.13. The number of fused-ring (bicyclic) bond motifs is 3. The van der Waals surface area contributed by atoms with Crippen LogP contribution < -0.4 is 11.5 Å². The molecule has 0 bridgehead atoms. The number of amides is 1. The van der Waals surface area contributed by atoms with Gasteiger partial charge in [0.1, 0.15) is 9.71 Å². The lowest BCUT2D eigenvalue weighted by atomic mass is 9.90. The molecular formula is C17H19N5OS. The fourth-order valence-corrected chi connectivity index (χ4v) is 4.57. The minimum atomic E-state index is -0.493. The van der Waals surface area contributed by atoms with Crippen LogP contribution in [0.5, 0.6) is 0 Å². The molecule has 1 amide bonds. The normalized spacial score (nSPS) is 14.1. The van der Waals surface area contributed by atoms with Crippen LogP contribution in [0.2, 0.25) is 0 Å². The van der Waals surface area contributed by atoms with Gasteiger partial charge in [-0.3, -0.25) is 4.79 Å². The van der Waals surface area contributed by atoms with E-state index in [1.54, 1.807) is 0 Å². The van der Waals surface area contributed by atoms with Crippen molar-refractivity contribution >= 4 is 33.1 Å². The number of carbonyl (C=O) groups is 1. The number of thiophene rings is 1. The zero-order chi connectivity index (χ0) is 17.0. The number of anilines is 1. The van der Waals surface area contributed by atoms with Gasteiger partial charge in [0.25, 0.3) is 5.91 Å². The van der Waals surface area contributed by atoms with E-state index >= 15 is 0 Å². The SMILES string of the molecule is Cc1cc(C)n(-c2nc3sc(C(N)=O)c(N)c3c3c2CCCC3)n1. The van der Waals surface area contributed by atoms with Crippen molar-refractivity contribution in [2.75, 3.05) is 5.73 Å². The van der Waals surface area contributed by atoms with Gasteiger partial charge in [0.05, 0.1) is 11.4 Å². The molecule has 0 unspecified atom stereocenters. The first-order valence-corrected chi connectivity index (χ1v) is 8.86. The quantitative estimate of drug-likeness (QED) is 0.748. The first kappa shape index (κ1) is 15.1. The van der Waals surface area contributed by atoms with Crippen LogP contribution in [-0.4, -0.2) is 20.7 Å². The summed E-state index contributed by atoms with van der Waals surface area (Å²) in [7, 11) is 0. The summed E-state index contributed by atoms with van der Waals surface area (Å²) in [5, 5.41) is 5.51. The zero-order valence-corrected chi connectivity index (χ0v) is 14.5. The highest BCUT2D eigenvalue weighted by molar-refractivity contribution is 7.21. The van der Waals surface area contributed by atoms with Gasteiger partial charge in [0.15, 0.2) is 5.82 Å². The summed E-state index contributed by atoms with van der Waals surface area (Å²) in [6.07, 6.45) is 4.13. The molecule has 3 heterocycles. The van der Waals surface area contributed by atoms with Crippen LogP contribution in [0.1, 0.15) is 45.0 Å². The van der Waals surface area contributed by atoms with E-state index < -0.39 is 5.91 Å². The Morgan fingerprint density at radius 3 is 2.58 bits per heavy atom. The number of nitrogens with zero attached hydrogens (tertiary/aromatic N) is 3. The summed E-state index contributed by atoms with van der Waals surface area (Å²) in [5.41, 5.74) is 16.6. The van der Waals surface area contributed by atoms with Gasteiger partial charge >= 0.3 is 0 Å². The highest BCUT2D eigenvalue weighted by Crippen LogP contribution is 2.40. The van der Waals surface area contributed by atoms with Crippen molar-refractivity contribution in [3.63, 3.8) is 0 Å². The van der Waals surface area contributed by atoms with E-state index in [1.165, 1.54) is 22.5 Å². The van der Waals surface area contributed by atoms with Gasteiger partial charge in [-0.05, 0) is 51.2 Å². The summed E-state index contributed by atoms with van der Waals surface area (Å²) in [4.78, 5) is 17.7. The molecule has 124 valence electrons. The van der Waals surface area contributed by atoms with Crippen LogP contribution in [0.3, 0.4) is 0 Å². The molecule has 1 aliphatic rings. The molecule has 7 heteroatoms. The summed E-state index contributed by atoms with van der Waals surface area (Å²) >= 11 is 1.27. The molecule has 0 saturated heterocycles. The topological polar surface area (TPSA) is 99.8 Å². The maximum absolute atomic E-state index is 11.7. The van der Waals surface area contributed by atoms with E-state index in [-0.39, 0.29) is 0 Å². The molecule has 0 aliphatic heterocycles. The molecule has 0 fully saturated rings. The highest BCUT2D eigenvalue weighted by Gasteiger charge is 2.25. The number of hydrogen-bond acceptors (Lipinski definition) is 5. The van der Waals surface area contributed by atoms with Gasteiger partial charge in [-0.15, -0.1) is 11.3 Å². The molecule has 4 N–H and O–H groups in total. The Balaban J connectivity index is 2.08. The number of rotatable bonds is 2. The second-order valence-electron chi connectivity index (χ2n) is 6.33. The zero-order valence-electron chi connectivity index (χ0n) is 13.7. The molecule has 0 saturated carbocycles. The predicted octanol–water partition coefficient (Wildman–Crippen LogP) is 2.66. The Morgan fingerprint density at radius 1 is 1.25 bits per heavy atom.